The Labute approximate surface area is 176 Å². The molecule has 30 heavy (non-hydrogen) atoms. The second kappa shape index (κ2) is 9.13. The molecule has 1 atom stereocenters. The predicted octanol–water partition coefficient (Wildman–Crippen LogP) is 3.85. The highest BCUT2D eigenvalue weighted by molar-refractivity contribution is 6.46. The van der Waals surface area contributed by atoms with Gasteiger partial charge < -0.3 is 19.5 Å². The molecule has 1 amide bonds. The molecule has 1 aliphatic heterocycles. The summed E-state index contributed by atoms with van der Waals surface area (Å²) in [4.78, 5) is 27.3. The van der Waals surface area contributed by atoms with Crippen LogP contribution in [0.25, 0.3) is 5.76 Å². The maximum atomic E-state index is 13.0. The SMILES string of the molecule is COc1ccc(/C(O)=C2/C(=O)C(=O)N(CCOC(C)C)C2c2ccccc2)c(C)c1. The average molecular weight is 409 g/mol. The van der Waals surface area contributed by atoms with Gasteiger partial charge >= 0.3 is 0 Å². The van der Waals surface area contributed by atoms with E-state index in [0.29, 0.717) is 17.9 Å². The van der Waals surface area contributed by atoms with Crippen molar-refractivity contribution < 1.29 is 24.2 Å². The third-order valence-corrected chi connectivity index (χ3v) is 5.13. The molecule has 1 saturated heterocycles. The van der Waals surface area contributed by atoms with Crippen LogP contribution in [0.1, 0.15) is 36.6 Å². The lowest BCUT2D eigenvalue weighted by Crippen LogP contribution is -2.33. The van der Waals surface area contributed by atoms with Crippen LogP contribution in [0.5, 0.6) is 5.75 Å². The summed E-state index contributed by atoms with van der Waals surface area (Å²) in [5.74, 6) is -0.866. The number of nitrogens with zero attached hydrogens (tertiary/aromatic N) is 1. The van der Waals surface area contributed by atoms with Crippen LogP contribution in [0, 0.1) is 6.92 Å². The number of likely N-dealkylation sites (tertiary alicyclic amines) is 1. The molecule has 1 aliphatic rings. The highest BCUT2D eigenvalue weighted by Crippen LogP contribution is 2.39. The van der Waals surface area contributed by atoms with Crippen LogP contribution in [-0.4, -0.2) is 48.1 Å². The number of methoxy groups -OCH3 is 1. The summed E-state index contributed by atoms with van der Waals surface area (Å²) in [6.07, 6.45) is 0.0129. The van der Waals surface area contributed by atoms with E-state index in [0.717, 1.165) is 11.1 Å². The zero-order valence-corrected chi connectivity index (χ0v) is 17.7. The third-order valence-electron chi connectivity index (χ3n) is 5.13. The summed E-state index contributed by atoms with van der Waals surface area (Å²) in [5.41, 5.74) is 2.08. The first-order valence-electron chi connectivity index (χ1n) is 9.95. The monoisotopic (exact) mass is 409 g/mol. The molecule has 0 spiro atoms. The van der Waals surface area contributed by atoms with Crippen LogP contribution < -0.4 is 4.74 Å². The lowest BCUT2D eigenvalue weighted by molar-refractivity contribution is -0.140. The standard InChI is InChI=1S/C24H27NO5/c1-15(2)30-13-12-25-21(17-8-6-5-7-9-17)20(23(27)24(25)28)22(26)19-11-10-18(29-4)14-16(19)3/h5-11,14-15,21,26H,12-13H2,1-4H3/b22-20-. The van der Waals surface area contributed by atoms with Gasteiger partial charge in [-0.1, -0.05) is 30.3 Å². The van der Waals surface area contributed by atoms with Gasteiger partial charge in [-0.05, 0) is 50.1 Å². The Bertz CT molecular complexity index is 965. The van der Waals surface area contributed by atoms with E-state index >= 15 is 0 Å². The van der Waals surface area contributed by atoms with E-state index in [1.165, 1.54) is 4.90 Å². The van der Waals surface area contributed by atoms with Gasteiger partial charge in [0.25, 0.3) is 11.7 Å². The highest BCUT2D eigenvalue weighted by Gasteiger charge is 2.45. The molecular formula is C24H27NO5. The van der Waals surface area contributed by atoms with Crippen molar-refractivity contribution in [2.45, 2.75) is 32.9 Å². The van der Waals surface area contributed by atoms with Gasteiger partial charge in [0, 0.05) is 12.1 Å². The normalized spacial score (nSPS) is 18.3. The van der Waals surface area contributed by atoms with Crippen LogP contribution in [0.4, 0.5) is 0 Å². The zero-order chi connectivity index (χ0) is 21.8. The molecule has 2 aromatic rings. The van der Waals surface area contributed by atoms with Gasteiger partial charge in [0.2, 0.25) is 0 Å². The number of benzene rings is 2. The quantitative estimate of drug-likeness (QED) is 0.427. The predicted molar refractivity (Wildman–Crippen MR) is 114 cm³/mol. The molecule has 1 heterocycles. The number of rotatable bonds is 7. The molecular weight excluding hydrogens is 382 g/mol. The summed E-state index contributed by atoms with van der Waals surface area (Å²) in [6.45, 7) is 6.20. The van der Waals surface area contributed by atoms with Crippen molar-refractivity contribution in [2.24, 2.45) is 0 Å². The topological polar surface area (TPSA) is 76.1 Å². The van der Waals surface area contributed by atoms with Gasteiger partial charge in [0.15, 0.2) is 0 Å². The fraction of sp³-hybridized carbons (Fsp3) is 0.333. The molecule has 1 fully saturated rings. The van der Waals surface area contributed by atoms with Crippen molar-refractivity contribution in [3.05, 3.63) is 70.8 Å². The molecule has 0 saturated carbocycles. The van der Waals surface area contributed by atoms with E-state index in [-0.39, 0.29) is 24.0 Å². The Morgan fingerprint density at radius 2 is 1.83 bits per heavy atom. The fourth-order valence-electron chi connectivity index (χ4n) is 3.65. The van der Waals surface area contributed by atoms with Gasteiger partial charge in [-0.15, -0.1) is 0 Å². The van der Waals surface area contributed by atoms with Crippen molar-refractivity contribution in [3.8, 4) is 5.75 Å². The number of aryl methyl sites for hydroxylation is 1. The van der Waals surface area contributed by atoms with Crippen molar-refractivity contribution in [3.63, 3.8) is 0 Å². The Hall–Kier alpha value is -3.12. The van der Waals surface area contributed by atoms with Gasteiger partial charge in [0.05, 0.1) is 31.4 Å². The first kappa shape index (κ1) is 21.6. The molecule has 2 aromatic carbocycles. The third kappa shape index (κ3) is 4.24. The van der Waals surface area contributed by atoms with Crippen LogP contribution in [-0.2, 0) is 14.3 Å². The molecule has 1 unspecified atom stereocenters. The largest absolute Gasteiger partial charge is 0.507 e. The minimum absolute atomic E-state index is 0.0129. The van der Waals surface area contributed by atoms with Crippen molar-refractivity contribution in [2.75, 3.05) is 20.3 Å². The molecule has 6 nitrogen and oxygen atoms in total. The molecule has 6 heteroatoms. The van der Waals surface area contributed by atoms with E-state index in [1.54, 1.807) is 25.3 Å². The van der Waals surface area contributed by atoms with E-state index in [1.807, 2.05) is 51.1 Å². The number of ketones is 1. The average Bonchev–Trinajstić information content (AvgIpc) is 2.98. The van der Waals surface area contributed by atoms with Gasteiger partial charge in [-0.3, -0.25) is 9.59 Å². The first-order valence-corrected chi connectivity index (χ1v) is 9.95. The minimum atomic E-state index is -0.693. The van der Waals surface area contributed by atoms with Gasteiger partial charge in [0.1, 0.15) is 11.5 Å². The maximum Gasteiger partial charge on any atom is 0.295 e. The smallest absolute Gasteiger partial charge is 0.295 e. The fourth-order valence-corrected chi connectivity index (χ4v) is 3.65. The van der Waals surface area contributed by atoms with Crippen molar-refractivity contribution in [1.29, 1.82) is 0 Å². The lowest BCUT2D eigenvalue weighted by Gasteiger charge is -2.25. The molecule has 158 valence electrons. The number of aliphatic hydroxyl groups excluding tert-OH is 1. The van der Waals surface area contributed by atoms with Gasteiger partial charge in [-0.2, -0.15) is 0 Å². The number of Topliss-reactive ketones (excluding diaryl/α,β-unsaturated/α-hetero) is 1. The van der Waals surface area contributed by atoms with Crippen molar-refractivity contribution >= 4 is 17.4 Å². The van der Waals surface area contributed by atoms with E-state index in [2.05, 4.69) is 0 Å². The molecule has 0 aliphatic carbocycles. The molecule has 0 aromatic heterocycles. The Kier molecular flexibility index (Phi) is 6.57. The van der Waals surface area contributed by atoms with E-state index < -0.39 is 17.7 Å². The highest BCUT2D eigenvalue weighted by atomic mass is 16.5. The van der Waals surface area contributed by atoms with Crippen LogP contribution >= 0.6 is 0 Å². The Balaban J connectivity index is 2.09. The first-order chi connectivity index (χ1) is 14.3. The molecule has 1 N–H and O–H groups in total. The zero-order valence-electron chi connectivity index (χ0n) is 17.7. The number of amides is 1. The summed E-state index contributed by atoms with van der Waals surface area (Å²) in [5, 5.41) is 11.1. The summed E-state index contributed by atoms with van der Waals surface area (Å²) >= 11 is 0. The number of ether oxygens (including phenoxy) is 2. The summed E-state index contributed by atoms with van der Waals surface area (Å²) in [7, 11) is 1.56. The van der Waals surface area contributed by atoms with Crippen LogP contribution in [0.2, 0.25) is 0 Å². The van der Waals surface area contributed by atoms with Gasteiger partial charge in [-0.25, -0.2) is 0 Å². The Morgan fingerprint density at radius 1 is 1.13 bits per heavy atom. The number of hydrogen-bond donors (Lipinski definition) is 1. The summed E-state index contributed by atoms with van der Waals surface area (Å²) < 4.78 is 10.8. The number of carbonyl (C=O) groups excluding carboxylic acids is 2. The van der Waals surface area contributed by atoms with E-state index in [9.17, 15) is 14.7 Å². The van der Waals surface area contributed by atoms with E-state index in [4.69, 9.17) is 9.47 Å². The van der Waals surface area contributed by atoms with Crippen molar-refractivity contribution in [1.82, 2.24) is 4.90 Å². The van der Waals surface area contributed by atoms with Crippen LogP contribution in [0.3, 0.4) is 0 Å². The molecule has 0 bridgehead atoms. The maximum absolute atomic E-state index is 13.0. The Morgan fingerprint density at radius 3 is 2.43 bits per heavy atom. The molecule has 3 rings (SSSR count). The summed E-state index contributed by atoms with van der Waals surface area (Å²) in [6, 6.07) is 13.8. The number of hydrogen-bond acceptors (Lipinski definition) is 5. The number of aliphatic hydroxyl groups is 1. The van der Waals surface area contributed by atoms with Crippen LogP contribution in [0.15, 0.2) is 54.1 Å². The minimum Gasteiger partial charge on any atom is -0.507 e. The lowest BCUT2D eigenvalue weighted by atomic mass is 9.94. The second-order valence-corrected chi connectivity index (χ2v) is 7.50. The molecule has 0 radical (unpaired) electrons. The second-order valence-electron chi connectivity index (χ2n) is 7.50. The number of carbonyl (C=O) groups is 2.